The van der Waals surface area contributed by atoms with Crippen molar-refractivity contribution in [3.8, 4) is 10.4 Å². The summed E-state index contributed by atoms with van der Waals surface area (Å²) in [4.78, 5) is 16.1. The lowest BCUT2D eigenvalue weighted by atomic mass is 10.1. The minimum Gasteiger partial charge on any atom is -0.370 e. The number of hydrogen-bond acceptors (Lipinski definition) is 4. The van der Waals surface area contributed by atoms with Crippen molar-refractivity contribution in [2.45, 2.75) is 0 Å². The second-order valence-electron chi connectivity index (χ2n) is 4.25. The van der Waals surface area contributed by atoms with Crippen LogP contribution in [0.25, 0.3) is 10.4 Å². The Morgan fingerprint density at radius 2 is 1.91 bits per heavy atom. The molecule has 0 saturated heterocycles. The molecule has 0 saturated carbocycles. The van der Waals surface area contributed by atoms with E-state index < -0.39 is 16.0 Å². The number of benzene rings is 1. The van der Waals surface area contributed by atoms with Gasteiger partial charge in [0.25, 0.3) is 16.0 Å². The van der Waals surface area contributed by atoms with Crippen molar-refractivity contribution < 1.29 is 17.8 Å². The highest BCUT2D eigenvalue weighted by molar-refractivity contribution is 7.85. The zero-order valence-electron chi connectivity index (χ0n) is 11.9. The van der Waals surface area contributed by atoms with E-state index in [0.29, 0.717) is 16.8 Å². The van der Waals surface area contributed by atoms with Gasteiger partial charge >= 0.3 is 0 Å². The van der Waals surface area contributed by atoms with Crippen molar-refractivity contribution in [3.63, 3.8) is 0 Å². The average Bonchev–Trinajstić information content (AvgIpc) is 2.82. The van der Waals surface area contributed by atoms with Gasteiger partial charge in [0.05, 0.1) is 16.2 Å². The van der Waals surface area contributed by atoms with Crippen molar-refractivity contribution in [2.75, 3.05) is 6.26 Å². The Labute approximate surface area is 142 Å². The van der Waals surface area contributed by atoms with Crippen molar-refractivity contribution in [3.05, 3.63) is 46.3 Å². The highest BCUT2D eigenvalue weighted by atomic mass is 35.5. The smallest absolute Gasteiger partial charge is 0.280 e. The van der Waals surface area contributed by atoms with Gasteiger partial charge in [0, 0.05) is 5.56 Å². The second kappa shape index (κ2) is 8.06. The van der Waals surface area contributed by atoms with Crippen molar-refractivity contribution in [1.82, 2.24) is 0 Å². The molecule has 0 fully saturated rings. The summed E-state index contributed by atoms with van der Waals surface area (Å²) in [5.74, 6) is -0.718. The monoisotopic (exact) mass is 375 g/mol. The van der Waals surface area contributed by atoms with Gasteiger partial charge in [-0.3, -0.25) is 9.35 Å². The zero-order valence-corrected chi connectivity index (χ0v) is 14.3. The molecule has 0 aliphatic rings. The van der Waals surface area contributed by atoms with Gasteiger partial charge in [-0.2, -0.15) is 13.4 Å². The predicted molar refractivity (Wildman–Crippen MR) is 92.4 cm³/mol. The van der Waals surface area contributed by atoms with Crippen LogP contribution in [0.3, 0.4) is 0 Å². The molecule has 23 heavy (non-hydrogen) atoms. The number of aliphatic imine (C=N–C) groups is 1. The third-order valence-electron chi connectivity index (χ3n) is 2.22. The molecule has 1 heterocycles. The molecule has 0 bridgehead atoms. The summed E-state index contributed by atoms with van der Waals surface area (Å²) in [7, 11) is -3.67. The Hall–Kier alpha value is -1.94. The summed E-state index contributed by atoms with van der Waals surface area (Å²) in [6, 6.07) is 8.82. The first kappa shape index (κ1) is 19.1. The van der Waals surface area contributed by atoms with E-state index in [4.69, 9.17) is 27.6 Å². The molecule has 0 spiro atoms. The fourth-order valence-electron chi connectivity index (χ4n) is 1.47. The van der Waals surface area contributed by atoms with E-state index in [-0.39, 0.29) is 5.96 Å². The first-order valence-electron chi connectivity index (χ1n) is 5.98. The minimum absolute atomic E-state index is 0.250. The maximum atomic E-state index is 11.7. The quantitative estimate of drug-likeness (QED) is 0.417. The number of carbonyl (C=O) groups is 1. The second-order valence-corrected chi connectivity index (χ2v) is 7.04. The number of halogens is 1. The highest BCUT2D eigenvalue weighted by Gasteiger charge is 2.09. The van der Waals surface area contributed by atoms with Crippen molar-refractivity contribution in [2.24, 2.45) is 16.5 Å². The van der Waals surface area contributed by atoms with E-state index in [2.05, 4.69) is 4.99 Å². The number of thiophene rings is 1. The van der Waals surface area contributed by atoms with E-state index in [1.807, 2.05) is 17.5 Å². The van der Waals surface area contributed by atoms with Crippen LogP contribution in [0.15, 0.2) is 40.7 Å². The first-order chi connectivity index (χ1) is 10.6. The third-order valence-corrected chi connectivity index (χ3v) is 3.61. The van der Waals surface area contributed by atoms with Crippen LogP contribution in [0.1, 0.15) is 10.4 Å². The maximum absolute atomic E-state index is 11.7. The lowest BCUT2D eigenvalue weighted by molar-refractivity contribution is 0.100. The van der Waals surface area contributed by atoms with Gasteiger partial charge in [0.15, 0.2) is 5.96 Å². The Morgan fingerprint density at radius 3 is 2.39 bits per heavy atom. The molecule has 1 amide bonds. The van der Waals surface area contributed by atoms with E-state index in [9.17, 15) is 13.2 Å². The molecule has 0 radical (unpaired) electrons. The SMILES string of the molecule is CS(=O)(=O)O.NC(N)=NC(=O)c1cccc(-c2sccc2Cl)c1. The normalized spacial score (nSPS) is 10.4. The van der Waals surface area contributed by atoms with E-state index >= 15 is 0 Å². The molecule has 0 atom stereocenters. The number of nitrogens with two attached hydrogens (primary N) is 2. The molecule has 0 aliphatic heterocycles. The predicted octanol–water partition coefficient (Wildman–Crippen LogP) is 1.99. The fourth-order valence-corrected chi connectivity index (χ4v) is 2.64. The summed E-state index contributed by atoms with van der Waals surface area (Å²) < 4.78 is 25.9. The molecule has 7 nitrogen and oxygen atoms in total. The van der Waals surface area contributed by atoms with Crippen LogP contribution in [-0.4, -0.2) is 31.1 Å². The van der Waals surface area contributed by atoms with Gasteiger partial charge in [-0.05, 0) is 29.1 Å². The van der Waals surface area contributed by atoms with Crippen molar-refractivity contribution >= 4 is 44.9 Å². The van der Waals surface area contributed by atoms with Crippen LogP contribution in [0.5, 0.6) is 0 Å². The number of guanidine groups is 1. The molecule has 0 unspecified atom stereocenters. The highest BCUT2D eigenvalue weighted by Crippen LogP contribution is 2.33. The molecule has 10 heteroatoms. The lowest BCUT2D eigenvalue weighted by Crippen LogP contribution is -2.24. The van der Waals surface area contributed by atoms with Crippen LogP contribution < -0.4 is 11.5 Å². The summed E-state index contributed by atoms with van der Waals surface area (Å²) >= 11 is 7.56. The topological polar surface area (TPSA) is 136 Å². The van der Waals surface area contributed by atoms with E-state index in [1.54, 1.807) is 18.2 Å². The minimum atomic E-state index is -3.67. The summed E-state index contributed by atoms with van der Waals surface area (Å²) in [5.41, 5.74) is 11.6. The number of carbonyl (C=O) groups excluding carboxylic acids is 1. The number of amides is 1. The average molecular weight is 376 g/mol. The van der Waals surface area contributed by atoms with Crippen LogP contribution >= 0.6 is 22.9 Å². The van der Waals surface area contributed by atoms with Crippen LogP contribution in [0.2, 0.25) is 5.02 Å². The largest absolute Gasteiger partial charge is 0.370 e. The fraction of sp³-hybridized carbons (Fsp3) is 0.0769. The first-order valence-corrected chi connectivity index (χ1v) is 9.08. The molecule has 2 rings (SSSR count). The maximum Gasteiger partial charge on any atom is 0.280 e. The number of hydrogen-bond donors (Lipinski definition) is 3. The third kappa shape index (κ3) is 7.24. The van der Waals surface area contributed by atoms with Crippen LogP contribution in [-0.2, 0) is 10.1 Å². The van der Waals surface area contributed by atoms with E-state index in [1.165, 1.54) is 11.3 Å². The molecule has 2 aromatic rings. The van der Waals surface area contributed by atoms with Gasteiger partial charge in [0.2, 0.25) is 0 Å². The molecular formula is C13H14ClN3O4S2. The Kier molecular flexibility index (Phi) is 6.70. The molecule has 0 aliphatic carbocycles. The molecular weight excluding hydrogens is 362 g/mol. The Morgan fingerprint density at radius 1 is 1.30 bits per heavy atom. The summed E-state index contributed by atoms with van der Waals surface area (Å²) in [6.07, 6.45) is 0.715. The number of rotatable bonds is 2. The molecule has 124 valence electrons. The lowest BCUT2D eigenvalue weighted by Gasteiger charge is -2.01. The van der Waals surface area contributed by atoms with Gasteiger partial charge in [-0.25, -0.2) is 0 Å². The molecule has 1 aromatic carbocycles. The van der Waals surface area contributed by atoms with Crippen LogP contribution in [0, 0.1) is 0 Å². The van der Waals surface area contributed by atoms with Gasteiger partial charge < -0.3 is 11.5 Å². The standard InChI is InChI=1S/C12H10ClN3OS.CH4O3S/c13-9-4-5-18-10(9)7-2-1-3-8(6-7)11(17)16-12(14)15;1-5(2,3)4/h1-6H,(H4,14,15,16,17);1H3,(H,2,3,4). The molecule has 5 N–H and O–H groups in total. The van der Waals surface area contributed by atoms with Crippen molar-refractivity contribution in [1.29, 1.82) is 0 Å². The zero-order chi connectivity index (χ0) is 17.6. The van der Waals surface area contributed by atoms with Gasteiger partial charge in [-0.15, -0.1) is 11.3 Å². The Bertz CT molecular complexity index is 819. The summed E-state index contributed by atoms with van der Waals surface area (Å²) in [5, 5.41) is 2.55. The van der Waals surface area contributed by atoms with Crippen LogP contribution in [0.4, 0.5) is 0 Å². The Balaban J connectivity index is 0.000000463. The molecule has 1 aromatic heterocycles. The van der Waals surface area contributed by atoms with E-state index in [0.717, 1.165) is 10.4 Å². The summed E-state index contributed by atoms with van der Waals surface area (Å²) in [6.45, 7) is 0. The van der Waals surface area contributed by atoms with Gasteiger partial charge in [0.1, 0.15) is 0 Å². The van der Waals surface area contributed by atoms with Gasteiger partial charge in [-0.1, -0.05) is 23.7 Å². The number of nitrogens with zero attached hydrogens (tertiary/aromatic N) is 1.